The normalized spacial score (nSPS) is 18.1. The maximum absolute atomic E-state index is 11.9. The second-order valence-electron chi connectivity index (χ2n) is 5.68. The largest absolute Gasteiger partial charge is 0.370 e. The zero-order chi connectivity index (χ0) is 14.1. The molecule has 5 nitrogen and oxygen atoms in total. The van der Waals surface area contributed by atoms with Gasteiger partial charge in [-0.15, -0.1) is 0 Å². The summed E-state index contributed by atoms with van der Waals surface area (Å²) in [6, 6.07) is 3.31. The Labute approximate surface area is 115 Å². The topological polar surface area (TPSA) is 62.3 Å². The predicted molar refractivity (Wildman–Crippen MR) is 75.6 cm³/mol. The molecule has 2 rings (SSSR count). The third kappa shape index (κ3) is 3.06. The van der Waals surface area contributed by atoms with E-state index in [2.05, 4.69) is 17.2 Å². The zero-order valence-corrected chi connectivity index (χ0v) is 12.5. The second-order valence-corrected chi connectivity index (χ2v) is 7.84. The van der Waals surface area contributed by atoms with E-state index in [1.807, 2.05) is 0 Å². The van der Waals surface area contributed by atoms with E-state index in [0.717, 1.165) is 12.4 Å². The Morgan fingerprint density at radius 2 is 2.05 bits per heavy atom. The molecule has 1 aliphatic carbocycles. The Kier molecular flexibility index (Phi) is 3.82. The van der Waals surface area contributed by atoms with Gasteiger partial charge in [-0.1, -0.05) is 13.3 Å². The maximum atomic E-state index is 11.9. The summed E-state index contributed by atoms with van der Waals surface area (Å²) < 4.78 is 24.9. The number of anilines is 1. The highest BCUT2D eigenvalue weighted by Gasteiger charge is 2.31. The Morgan fingerprint density at radius 3 is 2.47 bits per heavy atom. The SMILES string of the molecule is CN(C)S(=O)(=O)c1ccc(NCC2(C)CCC2)nc1. The molecule has 0 aromatic carbocycles. The monoisotopic (exact) mass is 283 g/mol. The van der Waals surface area contributed by atoms with E-state index in [0.29, 0.717) is 5.41 Å². The second kappa shape index (κ2) is 5.09. The van der Waals surface area contributed by atoms with Gasteiger partial charge < -0.3 is 5.32 Å². The number of nitrogens with one attached hydrogen (secondary N) is 1. The average Bonchev–Trinajstić information content (AvgIpc) is 2.34. The number of aromatic nitrogens is 1. The van der Waals surface area contributed by atoms with Crippen molar-refractivity contribution >= 4 is 15.8 Å². The molecule has 0 spiro atoms. The van der Waals surface area contributed by atoms with Gasteiger partial charge in [-0.25, -0.2) is 17.7 Å². The van der Waals surface area contributed by atoms with Crippen LogP contribution in [-0.4, -0.2) is 38.3 Å². The van der Waals surface area contributed by atoms with Crippen LogP contribution < -0.4 is 5.32 Å². The summed E-state index contributed by atoms with van der Waals surface area (Å²) in [7, 11) is -0.362. The summed E-state index contributed by atoms with van der Waals surface area (Å²) >= 11 is 0. The van der Waals surface area contributed by atoms with Crippen molar-refractivity contribution in [2.45, 2.75) is 31.1 Å². The zero-order valence-electron chi connectivity index (χ0n) is 11.7. The predicted octanol–water partition coefficient (Wildman–Crippen LogP) is 1.93. The van der Waals surface area contributed by atoms with Gasteiger partial charge >= 0.3 is 0 Å². The highest BCUT2D eigenvalue weighted by Crippen LogP contribution is 2.40. The van der Waals surface area contributed by atoms with Crippen LogP contribution in [-0.2, 0) is 10.0 Å². The standard InChI is InChI=1S/C13H21N3O2S/c1-13(7-4-8-13)10-15-12-6-5-11(9-14-12)19(17,18)16(2)3/h5-6,9H,4,7-8,10H2,1-3H3,(H,14,15). The summed E-state index contributed by atoms with van der Waals surface area (Å²) in [5.74, 6) is 0.728. The molecule has 19 heavy (non-hydrogen) atoms. The molecule has 1 N–H and O–H groups in total. The van der Waals surface area contributed by atoms with Crippen LogP contribution in [0.5, 0.6) is 0 Å². The first-order chi connectivity index (χ1) is 8.83. The van der Waals surface area contributed by atoms with Crippen LogP contribution in [0.15, 0.2) is 23.2 Å². The maximum Gasteiger partial charge on any atom is 0.244 e. The van der Waals surface area contributed by atoms with Crippen LogP contribution in [0.3, 0.4) is 0 Å². The van der Waals surface area contributed by atoms with Gasteiger partial charge in [-0.2, -0.15) is 0 Å². The fraction of sp³-hybridized carbons (Fsp3) is 0.615. The van der Waals surface area contributed by atoms with E-state index in [-0.39, 0.29) is 4.90 Å². The van der Waals surface area contributed by atoms with Gasteiger partial charge in [0.1, 0.15) is 10.7 Å². The van der Waals surface area contributed by atoms with Crippen LogP contribution in [0.25, 0.3) is 0 Å². The lowest BCUT2D eigenvalue weighted by Crippen LogP contribution is -2.33. The third-order valence-electron chi connectivity index (χ3n) is 3.77. The van der Waals surface area contributed by atoms with Gasteiger partial charge in [0.15, 0.2) is 0 Å². The van der Waals surface area contributed by atoms with Gasteiger partial charge in [-0.3, -0.25) is 0 Å². The minimum atomic E-state index is -3.39. The lowest BCUT2D eigenvalue weighted by molar-refractivity contribution is 0.180. The Morgan fingerprint density at radius 1 is 1.37 bits per heavy atom. The molecule has 0 amide bonds. The van der Waals surface area contributed by atoms with Crippen LogP contribution in [0.1, 0.15) is 26.2 Å². The molecule has 6 heteroatoms. The van der Waals surface area contributed by atoms with E-state index < -0.39 is 10.0 Å². The molecule has 1 fully saturated rings. The number of hydrogen-bond acceptors (Lipinski definition) is 4. The minimum Gasteiger partial charge on any atom is -0.370 e. The Hall–Kier alpha value is -1.14. The first kappa shape index (κ1) is 14.3. The minimum absolute atomic E-state index is 0.220. The Balaban J connectivity index is 2.02. The molecule has 0 aliphatic heterocycles. The molecule has 1 aliphatic rings. The van der Waals surface area contributed by atoms with Crippen molar-refractivity contribution in [1.29, 1.82) is 0 Å². The fourth-order valence-electron chi connectivity index (χ4n) is 2.11. The van der Waals surface area contributed by atoms with Crippen molar-refractivity contribution in [2.75, 3.05) is 26.0 Å². The summed E-state index contributed by atoms with van der Waals surface area (Å²) in [6.07, 6.45) is 5.19. The molecule has 1 saturated carbocycles. The number of sulfonamides is 1. The quantitative estimate of drug-likeness (QED) is 0.897. The molecule has 1 heterocycles. The lowest BCUT2D eigenvalue weighted by atomic mass is 9.70. The average molecular weight is 283 g/mol. The van der Waals surface area contributed by atoms with E-state index in [9.17, 15) is 8.42 Å². The summed E-state index contributed by atoms with van der Waals surface area (Å²) in [6.45, 7) is 3.15. The first-order valence-electron chi connectivity index (χ1n) is 6.46. The van der Waals surface area contributed by atoms with Gasteiger partial charge in [-0.05, 0) is 30.4 Å². The summed E-state index contributed by atoms with van der Waals surface area (Å²) in [5, 5.41) is 3.28. The van der Waals surface area contributed by atoms with E-state index >= 15 is 0 Å². The third-order valence-corrected chi connectivity index (χ3v) is 5.57. The van der Waals surface area contributed by atoms with Gasteiger partial charge in [0, 0.05) is 26.8 Å². The fourth-order valence-corrected chi connectivity index (χ4v) is 2.96. The number of rotatable bonds is 5. The van der Waals surface area contributed by atoms with E-state index in [1.54, 1.807) is 12.1 Å². The first-order valence-corrected chi connectivity index (χ1v) is 7.90. The summed E-state index contributed by atoms with van der Waals surface area (Å²) in [4.78, 5) is 4.39. The smallest absolute Gasteiger partial charge is 0.244 e. The summed E-state index contributed by atoms with van der Waals surface area (Å²) in [5.41, 5.74) is 0.371. The molecular weight excluding hydrogens is 262 g/mol. The number of pyridine rings is 1. The van der Waals surface area contributed by atoms with Crippen LogP contribution >= 0.6 is 0 Å². The van der Waals surface area contributed by atoms with Crippen molar-refractivity contribution < 1.29 is 8.42 Å². The van der Waals surface area contributed by atoms with E-state index in [1.165, 1.54) is 43.9 Å². The molecule has 1 aromatic rings. The molecule has 0 radical (unpaired) electrons. The molecule has 106 valence electrons. The lowest BCUT2D eigenvalue weighted by Gasteiger charge is -2.38. The molecule has 0 saturated heterocycles. The van der Waals surface area contributed by atoms with Gasteiger partial charge in [0.2, 0.25) is 10.0 Å². The number of nitrogens with zero attached hydrogens (tertiary/aromatic N) is 2. The molecule has 0 atom stereocenters. The molecule has 1 aromatic heterocycles. The van der Waals surface area contributed by atoms with Gasteiger partial charge in [0.05, 0.1) is 0 Å². The molecule has 0 unspecified atom stereocenters. The van der Waals surface area contributed by atoms with Crippen LogP contribution in [0.4, 0.5) is 5.82 Å². The Bertz CT molecular complexity index is 534. The van der Waals surface area contributed by atoms with E-state index in [4.69, 9.17) is 0 Å². The van der Waals surface area contributed by atoms with Crippen LogP contribution in [0.2, 0.25) is 0 Å². The van der Waals surface area contributed by atoms with Crippen LogP contribution in [0, 0.1) is 5.41 Å². The van der Waals surface area contributed by atoms with Crippen molar-refractivity contribution in [3.63, 3.8) is 0 Å². The van der Waals surface area contributed by atoms with Crippen molar-refractivity contribution in [3.8, 4) is 0 Å². The molecular formula is C13H21N3O2S. The van der Waals surface area contributed by atoms with Crippen molar-refractivity contribution in [1.82, 2.24) is 9.29 Å². The van der Waals surface area contributed by atoms with Crippen molar-refractivity contribution in [2.24, 2.45) is 5.41 Å². The van der Waals surface area contributed by atoms with Crippen molar-refractivity contribution in [3.05, 3.63) is 18.3 Å². The van der Waals surface area contributed by atoms with Gasteiger partial charge in [0.25, 0.3) is 0 Å². The highest BCUT2D eigenvalue weighted by molar-refractivity contribution is 7.89. The molecule has 0 bridgehead atoms. The highest BCUT2D eigenvalue weighted by atomic mass is 32.2. The number of hydrogen-bond donors (Lipinski definition) is 1.